The van der Waals surface area contributed by atoms with Crippen LogP contribution in [0.15, 0.2) is 46.8 Å². The van der Waals surface area contributed by atoms with Gasteiger partial charge in [0.1, 0.15) is 6.61 Å². The van der Waals surface area contributed by atoms with Gasteiger partial charge in [0.05, 0.1) is 28.1 Å². The number of rotatable bonds is 6. The second-order valence-corrected chi connectivity index (χ2v) is 6.54. The van der Waals surface area contributed by atoms with Crippen LogP contribution in [-0.4, -0.2) is 43.0 Å². The summed E-state index contributed by atoms with van der Waals surface area (Å²) in [5, 5.41) is 23.8. The van der Waals surface area contributed by atoms with E-state index >= 15 is 0 Å². The highest BCUT2D eigenvalue weighted by atomic mass is 16.6. The van der Waals surface area contributed by atoms with Crippen molar-refractivity contribution in [2.75, 3.05) is 27.2 Å². The number of nitrogens with one attached hydrogen (secondary N) is 1. The minimum Gasteiger partial charge on any atom is -0.461 e. The van der Waals surface area contributed by atoms with Gasteiger partial charge in [-0.05, 0) is 33.5 Å². The predicted octanol–water partition coefficient (Wildman–Crippen LogP) is 2.46. The van der Waals surface area contributed by atoms with E-state index < -0.39 is 16.8 Å². The monoisotopic (exact) mass is 370 g/mol. The van der Waals surface area contributed by atoms with Crippen LogP contribution < -0.4 is 5.32 Å². The minimum atomic E-state index is -0.719. The molecule has 8 nitrogen and oxygen atoms in total. The van der Waals surface area contributed by atoms with E-state index in [-0.39, 0.29) is 17.9 Å². The number of esters is 1. The Morgan fingerprint density at radius 1 is 1.37 bits per heavy atom. The summed E-state index contributed by atoms with van der Waals surface area (Å²) in [7, 11) is 3.73. The zero-order chi connectivity index (χ0) is 20.1. The minimum absolute atomic E-state index is 0.0982. The number of carbonyl (C=O) groups is 1. The van der Waals surface area contributed by atoms with Gasteiger partial charge in [0.25, 0.3) is 5.69 Å². The average molecular weight is 370 g/mol. The molecule has 1 aromatic carbocycles. The molecule has 0 saturated heterocycles. The largest absolute Gasteiger partial charge is 0.461 e. The molecule has 0 saturated carbocycles. The SMILES string of the molecule is CC1=C(C#N)[C@H](c2cccc([N+](=O)[O-])c2)C(C(=O)OCCN(C)C)=C(C)N1. The summed E-state index contributed by atoms with van der Waals surface area (Å²) in [6.45, 7) is 4.23. The lowest BCUT2D eigenvalue weighted by Crippen LogP contribution is -2.30. The number of benzene rings is 1. The Bertz CT molecular complexity index is 865. The molecule has 8 heteroatoms. The molecule has 0 spiro atoms. The summed E-state index contributed by atoms with van der Waals surface area (Å²) in [6, 6.07) is 8.11. The molecule has 1 aromatic rings. The third-order valence-electron chi connectivity index (χ3n) is 4.29. The number of allylic oxidation sites excluding steroid dienone is 3. The Morgan fingerprint density at radius 2 is 2.07 bits per heavy atom. The number of nitro groups is 1. The number of nitriles is 1. The fourth-order valence-electron chi connectivity index (χ4n) is 2.96. The highest BCUT2D eigenvalue weighted by Gasteiger charge is 2.34. The smallest absolute Gasteiger partial charge is 0.336 e. The quantitative estimate of drug-likeness (QED) is 0.465. The second-order valence-electron chi connectivity index (χ2n) is 6.54. The molecule has 0 aliphatic carbocycles. The number of nitrogens with zero attached hydrogens (tertiary/aromatic N) is 3. The molecule has 0 bridgehead atoms. The van der Waals surface area contributed by atoms with E-state index in [2.05, 4.69) is 11.4 Å². The van der Waals surface area contributed by atoms with Crippen LogP contribution in [-0.2, 0) is 9.53 Å². The van der Waals surface area contributed by atoms with E-state index in [4.69, 9.17) is 4.74 Å². The zero-order valence-electron chi connectivity index (χ0n) is 15.8. The van der Waals surface area contributed by atoms with Crippen LogP contribution >= 0.6 is 0 Å². The van der Waals surface area contributed by atoms with E-state index in [1.807, 2.05) is 19.0 Å². The fourth-order valence-corrected chi connectivity index (χ4v) is 2.96. The van der Waals surface area contributed by atoms with Crippen LogP contribution in [0.2, 0.25) is 0 Å². The van der Waals surface area contributed by atoms with Crippen molar-refractivity contribution in [3.05, 3.63) is 62.5 Å². The number of carbonyl (C=O) groups excluding carboxylic acids is 1. The summed E-state index contributed by atoms with van der Waals surface area (Å²) < 4.78 is 5.38. The van der Waals surface area contributed by atoms with E-state index in [0.717, 1.165) is 0 Å². The highest BCUT2D eigenvalue weighted by Crippen LogP contribution is 2.39. The number of hydrogen-bond acceptors (Lipinski definition) is 7. The molecule has 0 radical (unpaired) electrons. The molecule has 142 valence electrons. The number of ether oxygens (including phenoxy) is 1. The molecule has 0 fully saturated rings. The van der Waals surface area contributed by atoms with Crippen molar-refractivity contribution in [1.82, 2.24) is 10.2 Å². The van der Waals surface area contributed by atoms with Crippen molar-refractivity contribution in [3.63, 3.8) is 0 Å². The molecule has 2 rings (SSSR count). The van der Waals surface area contributed by atoms with E-state index in [0.29, 0.717) is 29.1 Å². The van der Waals surface area contributed by atoms with Crippen LogP contribution in [0.25, 0.3) is 0 Å². The third-order valence-corrected chi connectivity index (χ3v) is 4.29. The maximum absolute atomic E-state index is 12.8. The van der Waals surface area contributed by atoms with Crippen molar-refractivity contribution >= 4 is 11.7 Å². The summed E-state index contributed by atoms with van der Waals surface area (Å²) in [5.74, 6) is -1.26. The molecule has 0 aromatic heterocycles. The molecule has 1 N–H and O–H groups in total. The first kappa shape index (κ1) is 20.1. The average Bonchev–Trinajstić information content (AvgIpc) is 2.60. The number of nitro benzene ring substituents is 1. The lowest BCUT2D eigenvalue weighted by Gasteiger charge is -2.28. The van der Waals surface area contributed by atoms with Gasteiger partial charge in [0.2, 0.25) is 0 Å². The molecule has 1 atom stereocenters. The molecular weight excluding hydrogens is 348 g/mol. The van der Waals surface area contributed by atoms with Gasteiger partial charge in [-0.25, -0.2) is 4.79 Å². The van der Waals surface area contributed by atoms with Gasteiger partial charge in [0, 0.05) is 30.1 Å². The van der Waals surface area contributed by atoms with Crippen molar-refractivity contribution < 1.29 is 14.5 Å². The first-order chi connectivity index (χ1) is 12.8. The van der Waals surface area contributed by atoms with Gasteiger partial charge >= 0.3 is 5.97 Å². The van der Waals surface area contributed by atoms with Gasteiger partial charge in [0.15, 0.2) is 0 Å². The maximum atomic E-state index is 12.8. The number of hydrogen-bond donors (Lipinski definition) is 1. The Kier molecular flexibility index (Phi) is 6.32. The number of dihydropyridines is 1. The van der Waals surface area contributed by atoms with Gasteiger partial charge in [-0.1, -0.05) is 12.1 Å². The number of likely N-dealkylation sites (N-methyl/N-ethyl adjacent to an activating group) is 1. The van der Waals surface area contributed by atoms with Crippen LogP contribution in [0, 0.1) is 21.4 Å². The van der Waals surface area contributed by atoms with Crippen LogP contribution in [0.4, 0.5) is 5.69 Å². The molecule has 1 aliphatic heterocycles. The van der Waals surface area contributed by atoms with Gasteiger partial charge in [-0.3, -0.25) is 10.1 Å². The standard InChI is InChI=1S/C19H22N4O4/c1-12-16(11-20)18(14-6-5-7-15(10-14)23(25)26)17(13(2)21-12)19(24)27-9-8-22(3)4/h5-7,10,18,21H,8-9H2,1-4H3/t18-/m0/s1. The van der Waals surface area contributed by atoms with Crippen molar-refractivity contribution in [3.8, 4) is 6.07 Å². The predicted molar refractivity (Wildman–Crippen MR) is 99.5 cm³/mol. The Balaban J connectivity index is 2.48. The lowest BCUT2D eigenvalue weighted by atomic mass is 9.81. The Hall–Kier alpha value is -3.18. The normalized spacial score (nSPS) is 16.8. The summed E-state index contributed by atoms with van der Waals surface area (Å²) in [5.41, 5.74) is 2.20. The topological polar surface area (TPSA) is 108 Å². The van der Waals surface area contributed by atoms with Crippen LogP contribution in [0.3, 0.4) is 0 Å². The van der Waals surface area contributed by atoms with E-state index in [1.165, 1.54) is 12.1 Å². The molecule has 1 heterocycles. The molecule has 27 heavy (non-hydrogen) atoms. The van der Waals surface area contributed by atoms with Crippen molar-refractivity contribution in [1.29, 1.82) is 5.26 Å². The first-order valence-corrected chi connectivity index (χ1v) is 8.41. The zero-order valence-corrected chi connectivity index (χ0v) is 15.8. The van der Waals surface area contributed by atoms with Gasteiger partial charge in [-0.2, -0.15) is 5.26 Å². The van der Waals surface area contributed by atoms with Crippen LogP contribution in [0.1, 0.15) is 25.3 Å². The Labute approximate surface area is 157 Å². The molecule has 0 unspecified atom stereocenters. The molecular formula is C19H22N4O4. The molecule has 1 aliphatic rings. The first-order valence-electron chi connectivity index (χ1n) is 8.41. The summed E-state index contributed by atoms with van der Waals surface area (Å²) >= 11 is 0. The van der Waals surface area contributed by atoms with Crippen molar-refractivity contribution in [2.24, 2.45) is 0 Å². The maximum Gasteiger partial charge on any atom is 0.336 e. The lowest BCUT2D eigenvalue weighted by molar-refractivity contribution is -0.384. The second kappa shape index (κ2) is 8.47. The number of non-ortho nitro benzene ring substituents is 1. The highest BCUT2D eigenvalue weighted by molar-refractivity contribution is 5.93. The third kappa shape index (κ3) is 4.51. The molecule has 0 amide bonds. The van der Waals surface area contributed by atoms with E-state index in [1.54, 1.807) is 26.0 Å². The summed E-state index contributed by atoms with van der Waals surface area (Å²) in [6.07, 6.45) is 0. The van der Waals surface area contributed by atoms with Gasteiger partial charge < -0.3 is 15.0 Å². The van der Waals surface area contributed by atoms with E-state index in [9.17, 15) is 20.2 Å². The fraction of sp³-hybridized carbons (Fsp3) is 0.368. The van der Waals surface area contributed by atoms with Crippen molar-refractivity contribution in [2.45, 2.75) is 19.8 Å². The van der Waals surface area contributed by atoms with Crippen LogP contribution in [0.5, 0.6) is 0 Å². The summed E-state index contributed by atoms with van der Waals surface area (Å²) in [4.78, 5) is 25.3. The Morgan fingerprint density at radius 3 is 2.67 bits per heavy atom. The van der Waals surface area contributed by atoms with Gasteiger partial charge in [-0.15, -0.1) is 0 Å².